The lowest BCUT2D eigenvalue weighted by Crippen LogP contribution is -2.36. The molecule has 19 heavy (non-hydrogen) atoms. The zero-order valence-electron chi connectivity index (χ0n) is 12.0. The maximum Gasteiger partial charge on any atom is 0.134 e. The summed E-state index contributed by atoms with van der Waals surface area (Å²) in [5.74, 6) is 1.23. The molecule has 0 fully saturated rings. The molecule has 0 amide bonds. The predicted octanol–water partition coefficient (Wildman–Crippen LogP) is 4.02. The van der Waals surface area contributed by atoms with Gasteiger partial charge in [-0.1, -0.05) is 38.5 Å². The fourth-order valence-electron chi connectivity index (χ4n) is 3.40. The van der Waals surface area contributed by atoms with Gasteiger partial charge in [0.15, 0.2) is 0 Å². The third-order valence-electron chi connectivity index (χ3n) is 4.40. The topological polar surface area (TPSA) is 16.4 Å². The van der Waals surface area contributed by atoms with Crippen molar-refractivity contribution in [1.82, 2.24) is 4.90 Å². The number of fused-ring (bicyclic) bond motifs is 3. The predicted molar refractivity (Wildman–Crippen MR) is 79.6 cm³/mol. The molecule has 0 spiro atoms. The van der Waals surface area contributed by atoms with E-state index in [1.165, 1.54) is 29.6 Å². The molecule has 1 aromatic carbocycles. The van der Waals surface area contributed by atoms with E-state index in [1.807, 2.05) is 0 Å². The van der Waals surface area contributed by atoms with Gasteiger partial charge in [-0.3, -0.25) is 4.90 Å². The Morgan fingerprint density at radius 1 is 1.26 bits per heavy atom. The van der Waals surface area contributed by atoms with Crippen LogP contribution in [0.15, 0.2) is 28.7 Å². The van der Waals surface area contributed by atoms with Crippen LogP contribution in [0.2, 0.25) is 0 Å². The third-order valence-corrected chi connectivity index (χ3v) is 4.40. The van der Waals surface area contributed by atoms with E-state index in [4.69, 9.17) is 4.42 Å². The smallest absolute Gasteiger partial charge is 0.134 e. The molecule has 3 rings (SSSR count). The van der Waals surface area contributed by atoms with Crippen LogP contribution < -0.4 is 0 Å². The van der Waals surface area contributed by atoms with Crippen LogP contribution in [0, 0.1) is 0 Å². The van der Waals surface area contributed by atoms with Gasteiger partial charge in [0.25, 0.3) is 0 Å². The summed E-state index contributed by atoms with van der Waals surface area (Å²) in [4.78, 5) is 2.62. The first-order chi connectivity index (χ1) is 9.33. The first kappa shape index (κ1) is 12.7. The number of hydrogen-bond donors (Lipinski definition) is 0. The molecule has 1 aromatic heterocycles. The number of furan rings is 1. The average Bonchev–Trinajstić information content (AvgIpc) is 2.68. The van der Waals surface area contributed by atoms with Crippen molar-refractivity contribution in [2.24, 2.45) is 0 Å². The highest BCUT2D eigenvalue weighted by Crippen LogP contribution is 2.31. The Hall–Kier alpha value is -1.28. The van der Waals surface area contributed by atoms with Crippen LogP contribution in [0.5, 0.6) is 0 Å². The van der Waals surface area contributed by atoms with E-state index >= 15 is 0 Å². The molecule has 102 valence electrons. The quantitative estimate of drug-likeness (QED) is 0.825. The van der Waals surface area contributed by atoms with E-state index in [-0.39, 0.29) is 0 Å². The van der Waals surface area contributed by atoms with Gasteiger partial charge in [-0.15, -0.1) is 0 Å². The summed E-state index contributed by atoms with van der Waals surface area (Å²) in [7, 11) is 0. The second kappa shape index (κ2) is 5.38. The van der Waals surface area contributed by atoms with Gasteiger partial charge in [0.2, 0.25) is 0 Å². The van der Waals surface area contributed by atoms with Crippen LogP contribution in [0.1, 0.15) is 38.0 Å². The monoisotopic (exact) mass is 257 g/mol. The van der Waals surface area contributed by atoms with Crippen LogP contribution in [-0.4, -0.2) is 24.0 Å². The Morgan fingerprint density at radius 3 is 2.89 bits per heavy atom. The molecule has 1 aliphatic rings. The van der Waals surface area contributed by atoms with Crippen LogP contribution in [0.25, 0.3) is 11.0 Å². The van der Waals surface area contributed by atoms with Gasteiger partial charge in [-0.2, -0.15) is 0 Å². The summed E-state index contributed by atoms with van der Waals surface area (Å²) in [6.45, 7) is 6.86. The fourth-order valence-corrected chi connectivity index (χ4v) is 3.40. The second-order valence-corrected chi connectivity index (χ2v) is 5.53. The number of nitrogens with zero attached hydrogens (tertiary/aromatic N) is 1. The lowest BCUT2D eigenvalue weighted by molar-refractivity contribution is 0.198. The average molecular weight is 257 g/mol. The highest BCUT2D eigenvalue weighted by Gasteiger charge is 2.25. The Bertz CT molecular complexity index is 557. The van der Waals surface area contributed by atoms with Gasteiger partial charge >= 0.3 is 0 Å². The van der Waals surface area contributed by atoms with Crippen LogP contribution in [-0.2, 0) is 12.8 Å². The Kier molecular flexibility index (Phi) is 3.61. The molecule has 2 nitrogen and oxygen atoms in total. The van der Waals surface area contributed by atoms with Crippen LogP contribution in [0.4, 0.5) is 0 Å². The van der Waals surface area contributed by atoms with Gasteiger partial charge < -0.3 is 4.42 Å². The highest BCUT2D eigenvalue weighted by atomic mass is 16.3. The maximum atomic E-state index is 6.11. The van der Waals surface area contributed by atoms with Crippen molar-refractivity contribution in [3.05, 3.63) is 35.6 Å². The molecular formula is C17H23NO. The zero-order valence-corrected chi connectivity index (χ0v) is 12.0. The summed E-state index contributed by atoms with van der Waals surface area (Å²) in [5, 5.41) is 1.32. The van der Waals surface area contributed by atoms with E-state index in [1.54, 1.807) is 0 Å². The standard InChI is InChI=1S/C17H23NO/c1-3-7-13-12-17-15(10-11-18(13)4-2)14-8-5-6-9-16(14)19-17/h5-6,8-9,13H,3-4,7,10-12H2,1-2H3. The second-order valence-electron chi connectivity index (χ2n) is 5.53. The third kappa shape index (κ3) is 2.30. The van der Waals surface area contributed by atoms with Gasteiger partial charge in [-0.25, -0.2) is 0 Å². The highest BCUT2D eigenvalue weighted by molar-refractivity contribution is 5.82. The molecular weight excluding hydrogens is 234 g/mol. The molecule has 0 bridgehead atoms. The van der Waals surface area contributed by atoms with E-state index < -0.39 is 0 Å². The minimum atomic E-state index is 0.650. The fraction of sp³-hybridized carbons (Fsp3) is 0.529. The van der Waals surface area contributed by atoms with E-state index in [0.717, 1.165) is 31.5 Å². The van der Waals surface area contributed by atoms with Crippen LogP contribution in [0.3, 0.4) is 0 Å². The number of hydrogen-bond acceptors (Lipinski definition) is 2. The Balaban J connectivity index is 1.99. The number of benzene rings is 1. The van der Waals surface area contributed by atoms with Crippen molar-refractivity contribution < 1.29 is 4.42 Å². The van der Waals surface area contributed by atoms with Crippen molar-refractivity contribution in [1.29, 1.82) is 0 Å². The van der Waals surface area contributed by atoms with Crippen LogP contribution >= 0.6 is 0 Å². The maximum absolute atomic E-state index is 6.11. The van der Waals surface area contributed by atoms with E-state index in [2.05, 4.69) is 43.0 Å². The normalized spacial score (nSPS) is 20.4. The lowest BCUT2D eigenvalue weighted by Gasteiger charge is -2.28. The summed E-state index contributed by atoms with van der Waals surface area (Å²) >= 11 is 0. The molecule has 2 heteroatoms. The molecule has 0 saturated carbocycles. The molecule has 0 N–H and O–H groups in total. The zero-order chi connectivity index (χ0) is 13.2. The first-order valence-electron chi connectivity index (χ1n) is 7.56. The minimum Gasteiger partial charge on any atom is -0.461 e. The molecule has 0 aliphatic carbocycles. The van der Waals surface area contributed by atoms with Crippen molar-refractivity contribution in [3.63, 3.8) is 0 Å². The molecule has 1 unspecified atom stereocenters. The number of rotatable bonds is 3. The first-order valence-corrected chi connectivity index (χ1v) is 7.56. The molecule has 2 heterocycles. The number of para-hydroxylation sites is 1. The van der Waals surface area contributed by atoms with E-state index in [9.17, 15) is 0 Å². The largest absolute Gasteiger partial charge is 0.461 e. The number of likely N-dealkylation sites (N-methyl/N-ethyl adjacent to an activating group) is 1. The summed E-state index contributed by atoms with van der Waals surface area (Å²) < 4.78 is 6.11. The van der Waals surface area contributed by atoms with E-state index in [0.29, 0.717) is 6.04 Å². The lowest BCUT2D eigenvalue weighted by atomic mass is 10.0. The SMILES string of the molecule is CCCC1Cc2oc3ccccc3c2CCN1CC. The molecule has 1 atom stereocenters. The summed E-state index contributed by atoms with van der Waals surface area (Å²) in [6.07, 6.45) is 4.72. The minimum absolute atomic E-state index is 0.650. The molecule has 2 aromatic rings. The summed E-state index contributed by atoms with van der Waals surface area (Å²) in [6, 6.07) is 9.12. The van der Waals surface area contributed by atoms with Crippen molar-refractivity contribution >= 4 is 11.0 Å². The van der Waals surface area contributed by atoms with Gasteiger partial charge in [0, 0.05) is 30.0 Å². The Labute approximate surface area is 115 Å². The molecule has 0 radical (unpaired) electrons. The van der Waals surface area contributed by atoms with Gasteiger partial charge in [-0.05, 0) is 25.5 Å². The van der Waals surface area contributed by atoms with Crippen molar-refractivity contribution in [3.8, 4) is 0 Å². The van der Waals surface area contributed by atoms with Gasteiger partial charge in [0.05, 0.1) is 0 Å². The molecule has 0 saturated heterocycles. The van der Waals surface area contributed by atoms with Crippen molar-refractivity contribution in [2.45, 2.75) is 45.6 Å². The van der Waals surface area contributed by atoms with Gasteiger partial charge in [0.1, 0.15) is 11.3 Å². The van der Waals surface area contributed by atoms with Crippen molar-refractivity contribution in [2.75, 3.05) is 13.1 Å². The Morgan fingerprint density at radius 2 is 2.11 bits per heavy atom. The summed E-state index contributed by atoms with van der Waals surface area (Å²) in [5.41, 5.74) is 2.51. The molecule has 1 aliphatic heterocycles.